The number of ether oxygens (including phenoxy) is 7. The van der Waals surface area contributed by atoms with Crippen LogP contribution in [-0.4, -0.2) is 311 Å². The molecule has 4 aromatic carbocycles. The molecule has 670 valence electrons. The zero-order chi connectivity index (χ0) is 91.7. The third kappa shape index (κ3) is 22.0. The number of methoxy groups -OCH3 is 6. The fourth-order valence-corrected chi connectivity index (χ4v) is 16.3. The second-order valence-corrected chi connectivity index (χ2v) is 31.6. The van der Waals surface area contributed by atoms with Gasteiger partial charge in [0.15, 0.2) is 12.6 Å². The molecular weight excluding hydrogens is 1690 g/mol. The van der Waals surface area contributed by atoms with Crippen molar-refractivity contribution in [2.75, 3.05) is 169 Å². The number of urea groups is 3. The van der Waals surface area contributed by atoms with Crippen molar-refractivity contribution in [2.45, 2.75) is 64.3 Å². The zero-order valence-corrected chi connectivity index (χ0v) is 74.7. The van der Waals surface area contributed by atoms with Gasteiger partial charge in [0.05, 0.1) is 83.7 Å². The Morgan fingerprint density at radius 2 is 0.920 bits per heavy atom. The third-order valence-electron chi connectivity index (χ3n) is 22.3. The molecule has 125 heavy (non-hydrogen) atoms. The number of likely N-dealkylation sites (N-methyl/N-ethyl adjacent to an activating group) is 1. The predicted molar refractivity (Wildman–Crippen MR) is 467 cm³/mol. The quantitative estimate of drug-likeness (QED) is 0.0344. The molecule has 6 aliphatic heterocycles. The van der Waals surface area contributed by atoms with Crippen LogP contribution in [0.2, 0.25) is 0 Å². The highest BCUT2D eigenvalue weighted by Crippen LogP contribution is 2.41. The molecule has 7 aromatic rings. The number of fused-ring (bicyclic) bond motifs is 4. The summed E-state index contributed by atoms with van der Waals surface area (Å²) in [6.45, 7) is 8.65. The van der Waals surface area contributed by atoms with E-state index in [1.807, 2.05) is 31.4 Å². The van der Waals surface area contributed by atoms with E-state index in [-0.39, 0.29) is 87.7 Å². The van der Waals surface area contributed by atoms with Crippen LogP contribution in [0.5, 0.6) is 34.5 Å². The minimum absolute atomic E-state index is 0.0202. The lowest BCUT2D eigenvalue weighted by molar-refractivity contribution is -0.136. The largest absolute Gasteiger partial charge is 0.496 e. The van der Waals surface area contributed by atoms with Crippen molar-refractivity contribution in [1.29, 1.82) is 0 Å². The third-order valence-corrected chi connectivity index (χ3v) is 22.9. The molecule has 39 heteroatoms. The Morgan fingerprint density at radius 3 is 1.34 bits per heavy atom. The highest BCUT2D eigenvalue weighted by Gasteiger charge is 2.45. The van der Waals surface area contributed by atoms with Crippen LogP contribution in [0, 0.1) is 0 Å². The average molecular weight is 1800 g/mol. The number of aldehydes is 2. The molecule has 10 amide bonds. The summed E-state index contributed by atoms with van der Waals surface area (Å²) in [6.07, 6.45) is 8.38. The van der Waals surface area contributed by atoms with Gasteiger partial charge in [0, 0.05) is 211 Å². The molecule has 2 saturated heterocycles. The van der Waals surface area contributed by atoms with Gasteiger partial charge in [-0.15, -0.1) is 0 Å². The van der Waals surface area contributed by atoms with Crippen LogP contribution >= 0.6 is 15.9 Å². The summed E-state index contributed by atoms with van der Waals surface area (Å²) >= 11 is 3.47. The lowest BCUT2D eigenvalue weighted by Crippen LogP contribution is -2.54. The molecule has 37 nitrogen and oxygen atoms in total. The molecule has 0 spiro atoms. The first-order valence-electron chi connectivity index (χ1n) is 40.0. The number of aryl methyl sites for hydroxylation is 3. The fraction of sp³-hybridized carbons (Fsp3) is 0.430. The van der Waals surface area contributed by atoms with Gasteiger partial charge in [0.2, 0.25) is 11.8 Å². The number of halogens is 1. The number of hydrogen-bond acceptors (Lipinski definition) is 25. The van der Waals surface area contributed by atoms with Gasteiger partial charge in [-0.2, -0.15) is 0 Å². The molecule has 0 aliphatic carbocycles. The number of imide groups is 2. The van der Waals surface area contributed by atoms with Crippen LogP contribution in [0.25, 0.3) is 22.3 Å². The molecule has 9 heterocycles. The van der Waals surface area contributed by atoms with Crippen molar-refractivity contribution >= 4 is 95.0 Å². The first-order valence-corrected chi connectivity index (χ1v) is 40.8. The Morgan fingerprint density at radius 1 is 0.512 bits per heavy atom. The maximum Gasteiger partial charge on any atom is 0.488 e. The number of carbonyl (C=O) groups excluding carboxylic acids is 9. The van der Waals surface area contributed by atoms with Crippen molar-refractivity contribution in [3.05, 3.63) is 170 Å². The topological polar surface area (TPSA) is 406 Å². The summed E-state index contributed by atoms with van der Waals surface area (Å²) in [5.41, 5.74) is 11.0. The van der Waals surface area contributed by atoms with Crippen molar-refractivity contribution in [1.82, 2.24) is 63.1 Å². The fourth-order valence-electron chi connectivity index (χ4n) is 15.6. The van der Waals surface area contributed by atoms with Crippen molar-refractivity contribution in [3.8, 4) is 56.8 Å². The van der Waals surface area contributed by atoms with Gasteiger partial charge in [0.1, 0.15) is 40.5 Å². The number of anilines is 1. The van der Waals surface area contributed by atoms with Crippen LogP contribution in [-0.2, 0) is 85.7 Å². The van der Waals surface area contributed by atoms with Gasteiger partial charge < -0.3 is 96.3 Å². The summed E-state index contributed by atoms with van der Waals surface area (Å²) in [6, 6.07) is 14.2. The molecule has 1 unspecified atom stereocenters. The van der Waals surface area contributed by atoms with Crippen LogP contribution < -0.4 is 60.8 Å². The molecule has 0 saturated carbocycles. The Hall–Kier alpha value is -12.4. The number of nitrogens with zero attached hydrogens (tertiary/aromatic N) is 13. The van der Waals surface area contributed by atoms with Gasteiger partial charge in [0.25, 0.3) is 35.0 Å². The maximum atomic E-state index is 13.3. The summed E-state index contributed by atoms with van der Waals surface area (Å²) in [5.74, 6) is 0.530. The number of pyridine rings is 3. The number of amides is 10. The molecule has 1 atom stereocenters. The van der Waals surface area contributed by atoms with Crippen LogP contribution in [0.4, 0.5) is 20.1 Å². The molecular formula is C86H108BBrN14O23. The van der Waals surface area contributed by atoms with Crippen molar-refractivity contribution in [2.24, 2.45) is 21.1 Å². The van der Waals surface area contributed by atoms with Crippen LogP contribution in [0.3, 0.4) is 0 Å². The molecule has 6 aliphatic rings. The number of carbonyl (C=O) groups is 10. The van der Waals surface area contributed by atoms with Gasteiger partial charge in [-0.05, 0) is 137 Å². The monoisotopic (exact) mass is 1790 g/mol. The second kappa shape index (κ2) is 43.3. The minimum Gasteiger partial charge on any atom is -0.496 e. The predicted octanol–water partition coefficient (Wildman–Crippen LogP) is 3.79. The number of piperidine rings is 1. The average Bonchev–Trinajstić information content (AvgIpc) is 1.74. The first kappa shape index (κ1) is 96.4. The van der Waals surface area contributed by atoms with E-state index in [9.17, 15) is 57.5 Å². The number of carboxylic acid groups (broad SMARTS) is 1. The van der Waals surface area contributed by atoms with E-state index in [4.69, 9.17) is 53.1 Å². The van der Waals surface area contributed by atoms with E-state index in [1.165, 1.54) is 45.5 Å². The van der Waals surface area contributed by atoms with E-state index < -0.39 is 36.8 Å². The zero-order valence-electron chi connectivity index (χ0n) is 73.2. The molecule has 0 radical (unpaired) electrons. The number of piperazine rings is 1. The molecule has 0 bridgehead atoms. The molecule has 3 aromatic heterocycles. The second-order valence-electron chi connectivity index (χ2n) is 30.8. The lowest BCUT2D eigenvalue weighted by Gasteiger charge is -2.36. The van der Waals surface area contributed by atoms with Gasteiger partial charge in [-0.1, -0.05) is 0 Å². The lowest BCUT2D eigenvalue weighted by atomic mass is 9.79. The molecule has 2 fully saturated rings. The first-order chi connectivity index (χ1) is 59.6. The van der Waals surface area contributed by atoms with Crippen LogP contribution in [0.15, 0.2) is 92.0 Å². The Bertz CT molecular complexity index is 5340. The smallest absolute Gasteiger partial charge is 0.488 e. The van der Waals surface area contributed by atoms with Gasteiger partial charge in [-0.25, -0.2) is 14.4 Å². The van der Waals surface area contributed by atoms with Crippen molar-refractivity contribution in [3.63, 3.8) is 0 Å². The SMILES string of the molecule is CN(C)C(=O)N1CCc2c(c(Br)cn(C)c2=O)C1.COc1cc(-c2cn(C)c(=O)c3c2CN(C(=O)N(C)C)CC3)cc(OC)c1C=O.COc1cc(-c2cn(C)c(=O)c3c2CN(C(=O)N(C)C)CC3)cc(OC)c1CN(C)CCOCCN1CCN(c2ccc3c(c2)C(=O)N(C2CCC(=O)NC2=O)C3=O)CC1.COc1cc(B(O)O)cc(OC)c1C=O.O=CO. The number of benzene rings is 4. The van der Waals surface area contributed by atoms with E-state index >= 15 is 0 Å². The summed E-state index contributed by atoms with van der Waals surface area (Å²) in [5, 5.41) is 27.1. The Labute approximate surface area is 731 Å². The number of nitrogens with one attached hydrogen (secondary N) is 1. The van der Waals surface area contributed by atoms with Gasteiger partial charge in [-0.3, -0.25) is 68.0 Å². The summed E-state index contributed by atoms with van der Waals surface area (Å²) < 4.78 is 44.1. The number of aromatic nitrogens is 3. The normalized spacial score (nSPS) is 15.0. The van der Waals surface area contributed by atoms with Gasteiger partial charge >= 0.3 is 25.2 Å². The highest BCUT2D eigenvalue weighted by molar-refractivity contribution is 9.10. The van der Waals surface area contributed by atoms with E-state index in [1.54, 1.807) is 153 Å². The summed E-state index contributed by atoms with van der Waals surface area (Å²) in [4.78, 5) is 174. The maximum absolute atomic E-state index is 13.3. The molecule has 4 N–H and O–H groups in total. The standard InChI is InChI=1S/C43H54N8O9.C21H25N3O5.C12H16BrN3O2.C9H11BO5.CH2O2/c1-45(2)43(57)50-12-11-30-33(26-50)32(25-47(4)40(30)54)27-21-36(58-5)34(37(22-27)59-6)24-46(3)17-19-60-20-18-48-13-15-49(16-14-48)28-7-8-29-31(23-28)42(56)51(41(29)55)35-9-10-38(52)44-39(35)53;1-22(2)21(27)24-7-6-14-16(11-24)15(10-23(3)20(14)26)13-8-18(28-4)17(12-25)19(9-13)29-5;1-14(2)12(18)16-5-4-8-9(6-16)10(13)7-15(3)11(8)17;1-14-8-3-6(10(12)13)4-9(15-2)7(8)5-11;2-1-3/h7-8,21-23,25,35H,9-20,24,26H2,1-6H3,(H,44,52,53);8-10,12H,6-7,11H2,1-5H3;7H,4-6H2,1-3H3;3-5,12-13H,1-2H3;1H,(H,2,3). The number of hydrogen-bond donors (Lipinski definition) is 4. The van der Waals surface area contributed by atoms with E-state index in [2.05, 4.69) is 35.9 Å². The number of rotatable bonds is 21. The Kier molecular flexibility index (Phi) is 33.4. The summed E-state index contributed by atoms with van der Waals surface area (Å²) in [7, 11) is 24.9. The Balaban J connectivity index is 0.000000222. The minimum atomic E-state index is -1.63. The molecule has 13 rings (SSSR count). The van der Waals surface area contributed by atoms with E-state index in [0.717, 1.165) is 103 Å². The van der Waals surface area contributed by atoms with Crippen LogP contribution in [0.1, 0.15) is 93.2 Å². The highest BCUT2D eigenvalue weighted by atomic mass is 79.9. The van der Waals surface area contributed by atoms with Crippen molar-refractivity contribution < 1.29 is 96.3 Å². The van der Waals surface area contributed by atoms with E-state index in [0.29, 0.717) is 132 Å².